The molecule has 0 radical (unpaired) electrons. The van der Waals surface area contributed by atoms with E-state index in [-0.39, 0.29) is 0 Å². The Morgan fingerprint density at radius 3 is 2.75 bits per heavy atom. The van der Waals surface area contributed by atoms with Gasteiger partial charge in [0.1, 0.15) is 0 Å². The maximum atomic E-state index is 3.58. The van der Waals surface area contributed by atoms with Gasteiger partial charge in [-0.1, -0.05) is 12.2 Å². The molecule has 0 spiro atoms. The highest BCUT2D eigenvalue weighted by Gasteiger charge is 1.75. The standard InChI is InChI=1S/C6H8IN/c1-3-4-6(7)5-8-2/h3-5H,2H2,1H3/b4-3-,6-5+. The van der Waals surface area contributed by atoms with Gasteiger partial charge in [0, 0.05) is 9.78 Å². The molecule has 0 atom stereocenters. The molecule has 8 heavy (non-hydrogen) atoms. The molecule has 1 nitrogen and oxygen atoms in total. The molecule has 2 heteroatoms. The molecule has 0 N–H and O–H groups in total. The number of hydrogen-bond acceptors (Lipinski definition) is 1. The van der Waals surface area contributed by atoms with Crippen LogP contribution in [0.15, 0.2) is 26.9 Å². The average molecular weight is 221 g/mol. The fraction of sp³-hybridized carbons (Fsp3) is 0.167. The van der Waals surface area contributed by atoms with Crippen molar-refractivity contribution in [1.29, 1.82) is 0 Å². The Bertz CT molecular complexity index is 124. The van der Waals surface area contributed by atoms with Crippen molar-refractivity contribution in [2.24, 2.45) is 4.99 Å². The molecule has 0 amide bonds. The third-order valence-corrected chi connectivity index (χ3v) is 1.18. The molecule has 0 rings (SSSR count). The molecular formula is C6H8IN. The smallest absolute Gasteiger partial charge is 0.0394 e. The topological polar surface area (TPSA) is 12.4 Å². The summed E-state index contributed by atoms with van der Waals surface area (Å²) < 4.78 is 1.10. The first-order chi connectivity index (χ1) is 3.81. The lowest BCUT2D eigenvalue weighted by Crippen LogP contribution is -1.56. The molecule has 0 aliphatic carbocycles. The van der Waals surface area contributed by atoms with Crippen LogP contribution in [0.1, 0.15) is 6.92 Å². The second-order valence-electron chi connectivity index (χ2n) is 1.20. The Balaban J connectivity index is 3.79. The van der Waals surface area contributed by atoms with Crippen molar-refractivity contribution in [2.45, 2.75) is 6.92 Å². The lowest BCUT2D eigenvalue weighted by atomic mass is 10.5. The normalized spacial score (nSPS) is 12.5. The van der Waals surface area contributed by atoms with E-state index in [0.29, 0.717) is 0 Å². The number of nitrogens with zero attached hydrogens (tertiary/aromatic N) is 1. The summed E-state index contributed by atoms with van der Waals surface area (Å²) in [6, 6.07) is 0. The van der Waals surface area contributed by atoms with Crippen molar-refractivity contribution in [3.05, 3.63) is 21.9 Å². The van der Waals surface area contributed by atoms with Crippen LogP contribution in [0, 0.1) is 0 Å². The van der Waals surface area contributed by atoms with Gasteiger partial charge in [-0.2, -0.15) is 0 Å². The summed E-state index contributed by atoms with van der Waals surface area (Å²) in [6.45, 7) is 5.29. The lowest BCUT2D eigenvalue weighted by molar-refractivity contribution is 1.59. The monoisotopic (exact) mass is 221 g/mol. The highest BCUT2D eigenvalue weighted by molar-refractivity contribution is 14.1. The van der Waals surface area contributed by atoms with Crippen molar-refractivity contribution in [3.8, 4) is 0 Å². The predicted octanol–water partition coefficient (Wildman–Crippen LogP) is 2.54. The third-order valence-electron chi connectivity index (χ3n) is 0.541. The zero-order valence-corrected chi connectivity index (χ0v) is 6.92. The largest absolute Gasteiger partial charge is 0.271 e. The molecule has 0 saturated heterocycles. The van der Waals surface area contributed by atoms with Crippen LogP contribution in [-0.4, -0.2) is 6.72 Å². The van der Waals surface area contributed by atoms with Gasteiger partial charge in [-0.05, 0) is 36.2 Å². The molecule has 0 aromatic heterocycles. The first kappa shape index (κ1) is 7.88. The number of rotatable bonds is 2. The second kappa shape index (κ2) is 5.03. The summed E-state index contributed by atoms with van der Waals surface area (Å²) in [6.07, 6.45) is 5.64. The van der Waals surface area contributed by atoms with Gasteiger partial charge in [0.05, 0.1) is 0 Å². The van der Waals surface area contributed by atoms with Crippen LogP contribution in [0.5, 0.6) is 0 Å². The molecule has 0 aliphatic rings. The summed E-state index contributed by atoms with van der Waals surface area (Å²) in [5, 5.41) is 0. The van der Waals surface area contributed by atoms with Crippen molar-refractivity contribution in [2.75, 3.05) is 0 Å². The van der Waals surface area contributed by atoms with E-state index in [4.69, 9.17) is 0 Å². The minimum absolute atomic E-state index is 1.10. The van der Waals surface area contributed by atoms with Gasteiger partial charge in [-0.3, -0.25) is 4.99 Å². The summed E-state index contributed by atoms with van der Waals surface area (Å²) in [4.78, 5) is 3.58. The zero-order chi connectivity index (χ0) is 6.41. The number of hydrogen-bond donors (Lipinski definition) is 0. The van der Waals surface area contributed by atoms with Crippen LogP contribution in [0.4, 0.5) is 0 Å². The van der Waals surface area contributed by atoms with E-state index in [9.17, 15) is 0 Å². The van der Waals surface area contributed by atoms with Gasteiger partial charge >= 0.3 is 0 Å². The summed E-state index contributed by atoms with van der Waals surface area (Å²) >= 11 is 2.18. The Hall–Kier alpha value is -0.120. The van der Waals surface area contributed by atoms with Gasteiger partial charge in [0.15, 0.2) is 0 Å². The number of allylic oxidation sites excluding steroid dienone is 3. The van der Waals surface area contributed by atoms with Gasteiger partial charge in [0.2, 0.25) is 0 Å². The minimum atomic E-state index is 1.10. The molecule has 0 aromatic carbocycles. The van der Waals surface area contributed by atoms with Crippen molar-refractivity contribution in [1.82, 2.24) is 0 Å². The molecule has 0 bridgehead atoms. The molecule has 0 fully saturated rings. The van der Waals surface area contributed by atoms with Crippen LogP contribution in [0.2, 0.25) is 0 Å². The van der Waals surface area contributed by atoms with E-state index in [1.54, 1.807) is 6.20 Å². The molecule has 0 aliphatic heterocycles. The fourth-order valence-corrected chi connectivity index (χ4v) is 0.846. The van der Waals surface area contributed by atoms with E-state index < -0.39 is 0 Å². The van der Waals surface area contributed by atoms with Crippen molar-refractivity contribution >= 4 is 29.3 Å². The Kier molecular flexibility index (Phi) is 4.95. The van der Waals surface area contributed by atoms with Gasteiger partial charge < -0.3 is 0 Å². The second-order valence-corrected chi connectivity index (χ2v) is 2.44. The summed E-state index contributed by atoms with van der Waals surface area (Å²) in [7, 11) is 0. The quantitative estimate of drug-likeness (QED) is 0.386. The lowest BCUT2D eigenvalue weighted by Gasteiger charge is -1.79. The van der Waals surface area contributed by atoms with E-state index in [1.165, 1.54) is 0 Å². The molecule has 0 unspecified atom stereocenters. The van der Waals surface area contributed by atoms with Crippen LogP contribution < -0.4 is 0 Å². The average Bonchev–Trinajstić information content (AvgIpc) is 1.68. The molecule has 0 saturated carbocycles. The molecular weight excluding hydrogens is 213 g/mol. The van der Waals surface area contributed by atoms with Gasteiger partial charge in [0.25, 0.3) is 0 Å². The SMILES string of the molecule is C=N/C=C(I)\C=C/C. The fourth-order valence-electron chi connectivity index (χ4n) is 0.289. The number of halogens is 1. The maximum absolute atomic E-state index is 3.58. The van der Waals surface area contributed by atoms with E-state index in [2.05, 4.69) is 34.3 Å². The Labute approximate surface area is 63.3 Å². The van der Waals surface area contributed by atoms with E-state index >= 15 is 0 Å². The zero-order valence-electron chi connectivity index (χ0n) is 4.76. The highest BCUT2D eigenvalue weighted by Crippen LogP contribution is 2.05. The van der Waals surface area contributed by atoms with Gasteiger partial charge in [-0.25, -0.2) is 0 Å². The first-order valence-electron chi connectivity index (χ1n) is 2.25. The summed E-state index contributed by atoms with van der Waals surface area (Å²) in [5.74, 6) is 0. The minimum Gasteiger partial charge on any atom is -0.271 e. The molecule has 0 heterocycles. The van der Waals surface area contributed by atoms with Crippen LogP contribution in [0.3, 0.4) is 0 Å². The van der Waals surface area contributed by atoms with Gasteiger partial charge in [-0.15, -0.1) is 0 Å². The summed E-state index contributed by atoms with van der Waals surface area (Å²) in [5.41, 5.74) is 0. The highest BCUT2D eigenvalue weighted by atomic mass is 127. The van der Waals surface area contributed by atoms with Crippen LogP contribution in [0.25, 0.3) is 0 Å². The van der Waals surface area contributed by atoms with Crippen LogP contribution in [-0.2, 0) is 0 Å². The Morgan fingerprint density at radius 1 is 1.75 bits per heavy atom. The van der Waals surface area contributed by atoms with Crippen LogP contribution >= 0.6 is 22.6 Å². The number of aliphatic imine (C=N–C) groups is 1. The molecule has 0 aromatic rings. The van der Waals surface area contributed by atoms with Crippen molar-refractivity contribution < 1.29 is 0 Å². The van der Waals surface area contributed by atoms with Crippen molar-refractivity contribution in [3.63, 3.8) is 0 Å². The first-order valence-corrected chi connectivity index (χ1v) is 3.33. The predicted molar refractivity (Wildman–Crippen MR) is 46.5 cm³/mol. The third kappa shape index (κ3) is 4.05. The van der Waals surface area contributed by atoms with E-state index in [1.807, 2.05) is 19.1 Å². The van der Waals surface area contributed by atoms with E-state index in [0.717, 1.165) is 3.58 Å². The Morgan fingerprint density at radius 2 is 2.38 bits per heavy atom. The molecule has 44 valence electrons. The maximum Gasteiger partial charge on any atom is 0.0394 e.